The predicted octanol–water partition coefficient (Wildman–Crippen LogP) is -3.82. The number of amides is 11. The van der Waals surface area contributed by atoms with E-state index in [-0.39, 0.29) is 61.8 Å². The number of carboxylic acids is 2. The van der Waals surface area contributed by atoms with Gasteiger partial charge in [-0.2, -0.15) is 25.3 Å². The van der Waals surface area contributed by atoms with Crippen LogP contribution in [0.3, 0.4) is 0 Å². The number of likely N-dealkylation sites (N-methyl/N-ethyl adjacent to an activating group) is 1. The minimum atomic E-state index is -2.01. The van der Waals surface area contributed by atoms with Gasteiger partial charge in [0.05, 0.1) is 31.0 Å². The summed E-state index contributed by atoms with van der Waals surface area (Å²) in [5.74, 6) is -14.7. The quantitative estimate of drug-likeness (QED) is 0.00776. The number of nitrogens with one attached hydrogen (secondary N) is 13. The number of imidazole rings is 1. The van der Waals surface area contributed by atoms with Gasteiger partial charge in [-0.05, 0) is 55.4 Å². The second-order valence-corrected chi connectivity index (χ2v) is 24.1. The molecular formula is C61H85N19O15S2. The average molecular weight is 1390 g/mol. The topological polar surface area (TPSA) is 537 Å². The number of aromatic amines is 2. The molecule has 97 heavy (non-hydrogen) atoms. The zero-order valence-corrected chi connectivity index (χ0v) is 55.7. The van der Waals surface area contributed by atoms with Crippen LogP contribution in [0, 0.1) is 11.3 Å². The lowest BCUT2D eigenvalue weighted by atomic mass is 9.99. The first kappa shape index (κ1) is 77.5. The van der Waals surface area contributed by atoms with Gasteiger partial charge < -0.3 is 100 Å². The van der Waals surface area contributed by atoms with Crippen LogP contribution in [0.5, 0.6) is 0 Å². The van der Waals surface area contributed by atoms with Crippen molar-refractivity contribution >= 4 is 130 Å². The van der Waals surface area contributed by atoms with E-state index in [9.17, 15) is 72.5 Å². The monoisotopic (exact) mass is 1390 g/mol. The molecule has 10 atom stereocenters. The van der Waals surface area contributed by atoms with Crippen LogP contribution in [0.25, 0.3) is 21.8 Å². The minimum absolute atomic E-state index is 0.0513. The molecule has 5 aromatic rings. The highest BCUT2D eigenvalue weighted by Gasteiger charge is 2.37. The van der Waals surface area contributed by atoms with Crippen molar-refractivity contribution in [2.24, 2.45) is 30.2 Å². The number of hydrogen-bond acceptors (Lipinski definition) is 18. The van der Waals surface area contributed by atoms with Gasteiger partial charge in [0.25, 0.3) is 0 Å². The molecular weight excluding hydrogens is 1300 g/mol. The summed E-state index contributed by atoms with van der Waals surface area (Å²) in [4.78, 5) is 188. The molecule has 5 rings (SSSR count). The van der Waals surface area contributed by atoms with E-state index in [4.69, 9.17) is 22.6 Å². The molecule has 2 aromatic carbocycles. The summed E-state index contributed by atoms with van der Waals surface area (Å²) in [5.41, 5.74) is 19.5. The van der Waals surface area contributed by atoms with Crippen LogP contribution in [0.4, 0.5) is 0 Å². The van der Waals surface area contributed by atoms with Crippen molar-refractivity contribution in [1.29, 1.82) is 5.41 Å². The number of H-pyrrole nitrogens is 2. The molecule has 0 saturated heterocycles. The summed E-state index contributed by atoms with van der Waals surface area (Å²) >= 11 is 8.06. The standard InChI is InChI=1S/C61H85N19O15S2/c1-30(2)50(78-52(86)37(62)27-96)58(92)75-41(20-33-25-79(4)46-15-9-7-12-36(33)46)55(89)72-40(16-17-47(63)81)54(88)74-43(22-49(83)84)57(91)76-44(19-32-23-68-38-13-8-6-11-35(32)38)59(93)80(5)26-48(82)70-31(3)51(85)73-42(21-34-24-66-29-69-34)56(90)71-39(14-10-18-67-61(64)65)53(87)77-45(28-97)60(94)95/h6-9,11-13,15,23-25,29-31,37,39-45,50,68,96-97H,10,14,16-22,26-28,62H2,1-5H3,(H2,63,81)(H,66,69)(H,70,82)(H,71,90)(H,72,89)(H,73,85)(H,74,88)(H,75,92)(H,76,91)(H,77,87)(H,78,86)(H,83,84)(H,94,95)(H4,64,65,67)/t31-,37-,39-,40-,41-,42-,43-,44-,45-,50-/m0/s1. The van der Waals surface area contributed by atoms with Crippen LogP contribution in [-0.4, -0.2) is 210 Å². The fourth-order valence-corrected chi connectivity index (χ4v) is 10.6. The average Bonchev–Trinajstić information content (AvgIpc) is 1.69. The van der Waals surface area contributed by atoms with Crippen molar-refractivity contribution in [2.75, 3.05) is 31.6 Å². The molecule has 0 spiro atoms. The maximum absolute atomic E-state index is 14.7. The minimum Gasteiger partial charge on any atom is -0.481 e. The van der Waals surface area contributed by atoms with Crippen LogP contribution >= 0.6 is 25.3 Å². The molecule has 0 aliphatic carbocycles. The first-order valence-corrected chi connectivity index (χ1v) is 32.0. The van der Waals surface area contributed by atoms with E-state index < -0.39 is 169 Å². The number of aliphatic carboxylic acids is 2. The van der Waals surface area contributed by atoms with E-state index in [1.54, 1.807) is 80.3 Å². The molecule has 0 radical (unpaired) electrons. The number of para-hydroxylation sites is 2. The number of nitrogens with zero attached hydrogens (tertiary/aromatic N) is 3. The summed E-state index contributed by atoms with van der Waals surface area (Å²) in [5, 5.41) is 53.5. The van der Waals surface area contributed by atoms with Crippen molar-refractivity contribution in [3.8, 4) is 0 Å². The van der Waals surface area contributed by atoms with E-state index in [0.717, 1.165) is 10.4 Å². The normalized spacial score (nSPS) is 14.3. The lowest BCUT2D eigenvalue weighted by Crippen LogP contribution is -2.61. The first-order chi connectivity index (χ1) is 45.9. The summed E-state index contributed by atoms with van der Waals surface area (Å²) < 4.78 is 1.79. The van der Waals surface area contributed by atoms with Gasteiger partial charge in [-0.25, -0.2) is 9.78 Å². The van der Waals surface area contributed by atoms with E-state index in [2.05, 4.69) is 93.4 Å². The molecule has 3 aromatic heterocycles. The Balaban J connectivity index is 1.37. The van der Waals surface area contributed by atoms with Crippen molar-refractivity contribution in [1.82, 2.24) is 77.6 Å². The van der Waals surface area contributed by atoms with Gasteiger partial charge in [-0.1, -0.05) is 50.2 Å². The number of carbonyl (C=O) groups excluding carboxylic acids is 11. The number of carbonyl (C=O) groups is 13. The third-order valence-corrected chi connectivity index (χ3v) is 16.2. The molecule has 3 heterocycles. The van der Waals surface area contributed by atoms with Gasteiger partial charge in [0.15, 0.2) is 5.96 Å². The Kier molecular flexibility index (Phi) is 29.7. The highest BCUT2D eigenvalue weighted by Crippen LogP contribution is 2.23. The molecule has 36 heteroatoms. The third-order valence-electron chi connectivity index (χ3n) is 15.4. The van der Waals surface area contributed by atoms with E-state index in [0.29, 0.717) is 27.4 Å². The van der Waals surface area contributed by atoms with Crippen molar-refractivity contribution in [2.45, 2.75) is 133 Å². The molecule has 0 unspecified atom stereocenters. The number of fused-ring (bicyclic) bond motifs is 2. The number of carboxylic acid groups (broad SMARTS) is 2. The number of benzene rings is 2. The van der Waals surface area contributed by atoms with Crippen LogP contribution in [0.15, 0.2) is 73.4 Å². The number of hydrogen-bond donors (Lipinski definition) is 20. The molecule has 11 amide bonds. The summed E-state index contributed by atoms with van der Waals surface area (Å²) in [7, 11) is 2.96. The van der Waals surface area contributed by atoms with E-state index in [1.807, 2.05) is 6.07 Å². The number of thiol groups is 2. The van der Waals surface area contributed by atoms with Crippen molar-refractivity contribution in [3.63, 3.8) is 0 Å². The Bertz CT molecular complexity index is 3660. The van der Waals surface area contributed by atoms with Crippen LogP contribution in [0.1, 0.15) is 69.7 Å². The Morgan fingerprint density at radius 3 is 1.79 bits per heavy atom. The van der Waals surface area contributed by atoms with Gasteiger partial charge in [-0.3, -0.25) is 62.9 Å². The Morgan fingerprint density at radius 1 is 0.639 bits per heavy atom. The number of aryl methyl sites for hydroxylation is 1. The predicted molar refractivity (Wildman–Crippen MR) is 360 cm³/mol. The molecule has 0 saturated carbocycles. The molecule has 0 bridgehead atoms. The zero-order chi connectivity index (χ0) is 71.8. The number of aromatic nitrogens is 4. The highest BCUT2D eigenvalue weighted by molar-refractivity contribution is 7.80. The second-order valence-electron chi connectivity index (χ2n) is 23.4. The summed E-state index contributed by atoms with van der Waals surface area (Å²) in [6.07, 6.45) is 3.19. The van der Waals surface area contributed by atoms with E-state index in [1.165, 1.54) is 26.5 Å². The first-order valence-electron chi connectivity index (χ1n) is 30.7. The molecule has 0 fully saturated rings. The van der Waals surface area contributed by atoms with Crippen LogP contribution in [0.2, 0.25) is 0 Å². The zero-order valence-electron chi connectivity index (χ0n) is 53.9. The van der Waals surface area contributed by atoms with Gasteiger partial charge in [-0.15, -0.1) is 0 Å². The molecule has 0 aliphatic rings. The third kappa shape index (κ3) is 23.6. The fourth-order valence-electron chi connectivity index (χ4n) is 10.2. The highest BCUT2D eigenvalue weighted by atomic mass is 32.1. The second kappa shape index (κ2) is 37.2. The molecule has 0 aliphatic heterocycles. The van der Waals surface area contributed by atoms with Crippen LogP contribution < -0.4 is 70.4 Å². The van der Waals surface area contributed by atoms with E-state index >= 15 is 0 Å². The maximum Gasteiger partial charge on any atom is 0.327 e. The molecule has 526 valence electrons. The van der Waals surface area contributed by atoms with Gasteiger partial charge in [0.2, 0.25) is 65.0 Å². The van der Waals surface area contributed by atoms with Gasteiger partial charge in [0, 0.05) is 98.2 Å². The molecule has 21 N–H and O–H groups in total. The lowest BCUT2D eigenvalue weighted by Gasteiger charge is -2.28. The smallest absolute Gasteiger partial charge is 0.327 e. The van der Waals surface area contributed by atoms with Gasteiger partial charge in [0.1, 0.15) is 54.4 Å². The lowest BCUT2D eigenvalue weighted by molar-refractivity contribution is -0.142. The number of guanidine groups is 1. The van der Waals surface area contributed by atoms with Crippen molar-refractivity contribution < 1.29 is 72.5 Å². The number of rotatable bonds is 39. The summed E-state index contributed by atoms with van der Waals surface area (Å²) in [6.45, 7) is 3.87. The maximum atomic E-state index is 14.7. The fraction of sp³-hybridized carbons (Fsp3) is 0.459. The summed E-state index contributed by atoms with van der Waals surface area (Å²) in [6, 6.07) is -0.820. The molecule has 34 nitrogen and oxygen atoms in total. The Morgan fingerprint density at radius 2 is 1.20 bits per heavy atom. The Labute approximate surface area is 567 Å². The van der Waals surface area contributed by atoms with Crippen LogP contribution in [-0.2, 0) is 88.6 Å². The van der Waals surface area contributed by atoms with Gasteiger partial charge >= 0.3 is 11.9 Å². The van der Waals surface area contributed by atoms with Crippen molar-refractivity contribution in [3.05, 3.63) is 90.3 Å². The number of primary amides is 1. The SMILES string of the molecule is CC(C)[C@H](NC(=O)[C@@H](N)CS)C(=O)N[C@@H](Cc1cn(C)c2ccccc12)C(=O)N[C@@H](CCC(N)=O)C(=O)N[C@@H](CC(=O)O)C(=O)N[C@@H](Cc1c[nH]c2ccccc12)C(=O)N(C)CC(=O)N[C@@H](C)C(=O)N[C@@H](Cc1c[nH]cn1)C(=O)N[C@@H](CCCNC(=N)N)C(=O)N[C@@H](CS)C(=O)O. The Hall–Kier alpha value is -10.2. The number of nitrogens with two attached hydrogens (primary N) is 3. The largest absolute Gasteiger partial charge is 0.481 e.